The predicted octanol–water partition coefficient (Wildman–Crippen LogP) is 6.31. The van der Waals surface area contributed by atoms with Crippen LogP contribution in [0, 0.1) is 0 Å². The standard InChI is InChI=1S/C29H26ClN2P/c1-29(2)31-27(23-15-7-3-8-16-23)28(32-29)33(30,24-17-9-4-10-18-24,25-19-11-5-12-20-25)26-21-13-6-14-22-26/h3-22H,1-2H3. The molecule has 0 amide bonds. The van der Waals surface area contributed by atoms with Crippen LogP contribution in [0.1, 0.15) is 19.4 Å². The molecule has 0 unspecified atom stereocenters. The summed E-state index contributed by atoms with van der Waals surface area (Å²) in [6.07, 6.45) is 0. The van der Waals surface area contributed by atoms with Gasteiger partial charge in [0, 0.05) is 0 Å². The minimum absolute atomic E-state index is 0.614. The van der Waals surface area contributed by atoms with Crippen LogP contribution in [0.15, 0.2) is 131 Å². The van der Waals surface area contributed by atoms with E-state index >= 15 is 0 Å². The molecule has 0 radical (unpaired) electrons. The Bertz CT molecular complexity index is 1230. The summed E-state index contributed by atoms with van der Waals surface area (Å²) in [4.78, 5) is 10.4. The van der Waals surface area contributed by atoms with E-state index in [2.05, 4.69) is 84.9 Å². The number of rotatable bonds is 5. The quantitative estimate of drug-likeness (QED) is 0.307. The first-order valence-corrected chi connectivity index (χ1v) is 14.2. The molecule has 1 aliphatic rings. The van der Waals surface area contributed by atoms with Gasteiger partial charge in [-0.05, 0) is 0 Å². The van der Waals surface area contributed by atoms with Crippen molar-refractivity contribution in [2.75, 3.05) is 0 Å². The molecule has 4 aromatic carbocycles. The van der Waals surface area contributed by atoms with E-state index in [-0.39, 0.29) is 0 Å². The van der Waals surface area contributed by atoms with Crippen molar-refractivity contribution in [2.24, 2.45) is 9.98 Å². The summed E-state index contributed by atoms with van der Waals surface area (Å²) < 4.78 is 0. The van der Waals surface area contributed by atoms with Gasteiger partial charge in [0.2, 0.25) is 0 Å². The first-order chi connectivity index (χ1) is 15.9. The first kappa shape index (κ1) is 21.8. The topological polar surface area (TPSA) is 24.7 Å². The zero-order valence-electron chi connectivity index (χ0n) is 18.8. The van der Waals surface area contributed by atoms with Gasteiger partial charge in [0.1, 0.15) is 0 Å². The molecule has 1 heterocycles. The molecule has 0 saturated heterocycles. The zero-order chi connectivity index (χ0) is 23.0. The van der Waals surface area contributed by atoms with Gasteiger partial charge in [-0.1, -0.05) is 0 Å². The van der Waals surface area contributed by atoms with E-state index in [4.69, 9.17) is 21.2 Å². The molecule has 0 spiro atoms. The van der Waals surface area contributed by atoms with E-state index in [0.717, 1.165) is 32.6 Å². The van der Waals surface area contributed by atoms with E-state index < -0.39 is 11.6 Å². The van der Waals surface area contributed by atoms with Crippen LogP contribution in [0.4, 0.5) is 0 Å². The number of hydrogen-bond donors (Lipinski definition) is 0. The van der Waals surface area contributed by atoms with Gasteiger partial charge < -0.3 is 0 Å². The third-order valence-electron chi connectivity index (χ3n) is 6.14. The average molecular weight is 469 g/mol. The molecule has 2 nitrogen and oxygen atoms in total. The summed E-state index contributed by atoms with van der Waals surface area (Å²) in [5, 5.41) is 3.17. The Kier molecular flexibility index (Phi) is 5.32. The van der Waals surface area contributed by atoms with Gasteiger partial charge in [-0.3, -0.25) is 0 Å². The molecular formula is C29H26ClN2P. The molecule has 0 aliphatic carbocycles. The summed E-state index contributed by atoms with van der Waals surface area (Å²) in [5.41, 5.74) is 2.14. The summed E-state index contributed by atoms with van der Waals surface area (Å²) in [6, 6.07) is 41.6. The molecule has 0 fully saturated rings. The molecule has 164 valence electrons. The van der Waals surface area contributed by atoms with Crippen molar-refractivity contribution in [1.82, 2.24) is 0 Å². The first-order valence-electron chi connectivity index (χ1n) is 11.1. The molecule has 0 bridgehead atoms. The fourth-order valence-electron chi connectivity index (χ4n) is 4.68. The van der Waals surface area contributed by atoms with Crippen molar-refractivity contribution in [2.45, 2.75) is 19.5 Å². The molecule has 0 aromatic heterocycles. The van der Waals surface area contributed by atoms with Crippen LogP contribution in [-0.2, 0) is 0 Å². The molecule has 1 aliphatic heterocycles. The van der Waals surface area contributed by atoms with Gasteiger partial charge >= 0.3 is 201 Å². The van der Waals surface area contributed by atoms with Crippen LogP contribution in [0.3, 0.4) is 0 Å². The molecule has 0 atom stereocenters. The maximum absolute atomic E-state index is 8.37. The zero-order valence-corrected chi connectivity index (χ0v) is 20.4. The van der Waals surface area contributed by atoms with E-state index in [9.17, 15) is 0 Å². The van der Waals surface area contributed by atoms with Gasteiger partial charge in [-0.25, -0.2) is 0 Å². The van der Waals surface area contributed by atoms with Crippen molar-refractivity contribution in [3.8, 4) is 0 Å². The van der Waals surface area contributed by atoms with Crippen LogP contribution in [-0.4, -0.2) is 16.8 Å². The monoisotopic (exact) mass is 468 g/mol. The number of aliphatic imine (C=N–C) groups is 2. The van der Waals surface area contributed by atoms with Crippen LogP contribution in [0.25, 0.3) is 0 Å². The van der Waals surface area contributed by atoms with Crippen molar-refractivity contribution in [3.05, 3.63) is 127 Å². The van der Waals surface area contributed by atoms with E-state index in [0.29, 0.717) is 0 Å². The molecule has 0 saturated carbocycles. The minimum atomic E-state index is -3.76. The second-order valence-electron chi connectivity index (χ2n) is 8.77. The van der Waals surface area contributed by atoms with Gasteiger partial charge in [-0.15, -0.1) is 0 Å². The number of hydrogen-bond acceptors (Lipinski definition) is 2. The Morgan fingerprint density at radius 2 is 0.909 bits per heavy atom. The van der Waals surface area contributed by atoms with Crippen LogP contribution >= 0.6 is 17.2 Å². The SMILES string of the molecule is CC1(C)N=C(c2ccccc2)C(P(Cl)(c2ccccc2)(c2ccccc2)c2ccccc2)=N1. The molecule has 33 heavy (non-hydrogen) atoms. The van der Waals surface area contributed by atoms with Crippen molar-refractivity contribution >= 4 is 44.3 Å². The normalized spacial score (nSPS) is 16.4. The fraction of sp³-hybridized carbons (Fsp3) is 0.103. The van der Waals surface area contributed by atoms with E-state index in [1.807, 2.05) is 50.2 Å². The van der Waals surface area contributed by atoms with Crippen molar-refractivity contribution in [3.63, 3.8) is 0 Å². The molecular weight excluding hydrogens is 443 g/mol. The average Bonchev–Trinajstić information content (AvgIpc) is 3.22. The van der Waals surface area contributed by atoms with Gasteiger partial charge in [-0.2, -0.15) is 0 Å². The Balaban J connectivity index is 1.97. The third-order valence-corrected chi connectivity index (χ3v) is 13.3. The maximum atomic E-state index is 8.37. The third kappa shape index (κ3) is 3.37. The van der Waals surface area contributed by atoms with E-state index in [1.54, 1.807) is 0 Å². The molecule has 4 heteroatoms. The summed E-state index contributed by atoms with van der Waals surface area (Å²) in [7, 11) is 0. The summed E-state index contributed by atoms with van der Waals surface area (Å²) in [6.45, 7) is 4.09. The second kappa shape index (κ2) is 8.06. The van der Waals surface area contributed by atoms with Gasteiger partial charge in [0.15, 0.2) is 0 Å². The van der Waals surface area contributed by atoms with Gasteiger partial charge in [0.25, 0.3) is 0 Å². The van der Waals surface area contributed by atoms with Crippen LogP contribution in [0.5, 0.6) is 0 Å². The number of nitrogens with zero attached hydrogens (tertiary/aromatic N) is 2. The summed E-state index contributed by atoms with van der Waals surface area (Å²) >= 11 is 8.37. The Morgan fingerprint density at radius 3 is 1.30 bits per heavy atom. The van der Waals surface area contributed by atoms with E-state index in [1.165, 1.54) is 0 Å². The van der Waals surface area contributed by atoms with Crippen LogP contribution in [0.2, 0.25) is 0 Å². The Hall–Kier alpha value is -3.06. The summed E-state index contributed by atoms with van der Waals surface area (Å²) in [5.74, 6) is -3.76. The van der Waals surface area contributed by atoms with Gasteiger partial charge in [0.05, 0.1) is 0 Å². The predicted molar refractivity (Wildman–Crippen MR) is 145 cm³/mol. The van der Waals surface area contributed by atoms with Crippen molar-refractivity contribution in [1.29, 1.82) is 0 Å². The number of halogens is 1. The second-order valence-corrected chi connectivity index (χ2v) is 14.8. The molecule has 0 N–H and O–H groups in total. The van der Waals surface area contributed by atoms with Crippen molar-refractivity contribution < 1.29 is 0 Å². The molecule has 4 aromatic rings. The fourth-order valence-corrected chi connectivity index (χ4v) is 10.9. The molecule has 5 rings (SSSR count). The Labute approximate surface area is 200 Å². The van der Waals surface area contributed by atoms with Crippen LogP contribution < -0.4 is 15.9 Å². The number of benzene rings is 4. The Morgan fingerprint density at radius 1 is 0.545 bits per heavy atom.